The first-order valence-electron chi connectivity index (χ1n) is 7.23. The van der Waals surface area contributed by atoms with Crippen LogP contribution in [0.4, 0.5) is 4.39 Å². The van der Waals surface area contributed by atoms with Crippen molar-refractivity contribution in [1.82, 2.24) is 5.43 Å². The molecule has 2 unspecified atom stereocenters. The summed E-state index contributed by atoms with van der Waals surface area (Å²) >= 11 is 3.31. The monoisotopic (exact) mass is 384 g/mol. The number of carbonyl (C=O) groups excluding carboxylic acids is 1. The van der Waals surface area contributed by atoms with Gasteiger partial charge in [0.1, 0.15) is 12.9 Å². The largest absolute Gasteiger partial charge is 0.485 e. The van der Waals surface area contributed by atoms with E-state index in [0.717, 1.165) is 6.29 Å². The molecule has 7 heteroatoms. The molecule has 1 aliphatic heterocycles. The van der Waals surface area contributed by atoms with Gasteiger partial charge in [0.25, 0.3) is 0 Å². The molecular weight excluding hydrogens is 367 g/mol. The third kappa shape index (κ3) is 4.39. The number of nitrogens with one attached hydrogen (secondary N) is 1. The number of carbonyl (C=O) groups is 1. The van der Waals surface area contributed by atoms with Crippen LogP contribution in [-0.2, 0) is 4.79 Å². The predicted octanol–water partition coefficient (Wildman–Crippen LogP) is 2.42. The minimum absolute atomic E-state index is 0.0389. The van der Waals surface area contributed by atoms with Crippen molar-refractivity contribution >= 4 is 27.9 Å². The SMILES string of the molecule is CC1CC(C=O)NN=C1c1cc(F)c(OC/C=C\CO)c(Br)c1. The standard InChI is InChI=1S/C16H18BrFN2O3/c1-10-6-12(9-22)19-20-15(10)11-7-13(17)16(14(18)8-11)23-5-3-2-4-21/h2-3,7-10,12,19,21H,4-6H2,1H3/b3-2-. The van der Waals surface area contributed by atoms with Gasteiger partial charge in [-0.25, -0.2) is 4.39 Å². The summed E-state index contributed by atoms with van der Waals surface area (Å²) in [7, 11) is 0. The molecule has 1 aromatic rings. The molecule has 2 atom stereocenters. The van der Waals surface area contributed by atoms with Gasteiger partial charge in [-0.2, -0.15) is 5.10 Å². The van der Waals surface area contributed by atoms with Crippen LogP contribution >= 0.6 is 15.9 Å². The van der Waals surface area contributed by atoms with E-state index in [-0.39, 0.29) is 30.9 Å². The van der Waals surface area contributed by atoms with Crippen molar-refractivity contribution in [1.29, 1.82) is 0 Å². The molecule has 23 heavy (non-hydrogen) atoms. The number of halogens is 2. The Morgan fingerprint density at radius 1 is 1.52 bits per heavy atom. The molecule has 0 aliphatic carbocycles. The molecule has 124 valence electrons. The number of aliphatic hydroxyl groups is 1. The number of aldehydes is 1. The van der Waals surface area contributed by atoms with E-state index >= 15 is 0 Å². The van der Waals surface area contributed by atoms with Crippen LogP contribution in [0, 0.1) is 11.7 Å². The molecule has 0 radical (unpaired) electrons. The lowest BCUT2D eigenvalue weighted by atomic mass is 9.91. The fourth-order valence-electron chi connectivity index (χ4n) is 2.36. The zero-order valence-electron chi connectivity index (χ0n) is 12.6. The summed E-state index contributed by atoms with van der Waals surface area (Å²) in [5.74, 6) is -0.352. The second kappa shape index (κ2) is 8.21. The molecular formula is C16H18BrFN2O3. The zero-order chi connectivity index (χ0) is 16.8. The van der Waals surface area contributed by atoms with E-state index in [9.17, 15) is 9.18 Å². The van der Waals surface area contributed by atoms with Gasteiger partial charge in [-0.3, -0.25) is 5.43 Å². The van der Waals surface area contributed by atoms with Gasteiger partial charge in [0.05, 0.1) is 22.8 Å². The van der Waals surface area contributed by atoms with Crippen molar-refractivity contribution in [3.8, 4) is 5.75 Å². The topological polar surface area (TPSA) is 70.9 Å². The summed E-state index contributed by atoms with van der Waals surface area (Å²) in [6.45, 7) is 2.03. The van der Waals surface area contributed by atoms with Crippen molar-refractivity contribution in [2.75, 3.05) is 13.2 Å². The number of aliphatic hydroxyl groups excluding tert-OH is 1. The van der Waals surface area contributed by atoms with Gasteiger partial charge in [-0.05, 0) is 40.6 Å². The van der Waals surface area contributed by atoms with Gasteiger partial charge >= 0.3 is 0 Å². The maximum Gasteiger partial charge on any atom is 0.169 e. The Hall–Kier alpha value is -1.73. The average molecular weight is 385 g/mol. The smallest absolute Gasteiger partial charge is 0.169 e. The Labute approximate surface area is 142 Å². The fourth-order valence-corrected chi connectivity index (χ4v) is 2.91. The van der Waals surface area contributed by atoms with Gasteiger partial charge in [0.15, 0.2) is 11.6 Å². The highest BCUT2D eigenvalue weighted by Gasteiger charge is 2.24. The van der Waals surface area contributed by atoms with Gasteiger partial charge in [0.2, 0.25) is 0 Å². The summed E-state index contributed by atoms with van der Waals surface area (Å²) in [5.41, 5.74) is 4.11. The van der Waals surface area contributed by atoms with Gasteiger partial charge < -0.3 is 14.6 Å². The number of rotatable bonds is 6. The first-order chi connectivity index (χ1) is 11.1. The third-order valence-electron chi connectivity index (χ3n) is 3.48. The van der Waals surface area contributed by atoms with Crippen molar-refractivity contribution in [3.05, 3.63) is 40.1 Å². The summed E-state index contributed by atoms with van der Waals surface area (Å²) in [4.78, 5) is 10.8. The van der Waals surface area contributed by atoms with Crippen LogP contribution < -0.4 is 10.2 Å². The Bertz CT molecular complexity index is 611. The van der Waals surface area contributed by atoms with Gasteiger partial charge in [-0.1, -0.05) is 13.0 Å². The number of hydrazone groups is 1. The Kier molecular flexibility index (Phi) is 6.29. The molecule has 2 N–H and O–H groups in total. The predicted molar refractivity (Wildman–Crippen MR) is 89.1 cm³/mol. The van der Waals surface area contributed by atoms with Crippen LogP contribution in [0.25, 0.3) is 0 Å². The maximum atomic E-state index is 14.3. The molecule has 5 nitrogen and oxygen atoms in total. The molecule has 0 saturated heterocycles. The second-order valence-corrected chi connectivity index (χ2v) is 6.09. The van der Waals surface area contributed by atoms with E-state index in [1.165, 1.54) is 12.1 Å². The number of hydrogen-bond acceptors (Lipinski definition) is 5. The number of nitrogens with zero attached hydrogens (tertiary/aromatic N) is 1. The number of ether oxygens (including phenoxy) is 1. The molecule has 0 aromatic heterocycles. The zero-order valence-corrected chi connectivity index (χ0v) is 14.2. The quantitative estimate of drug-likeness (QED) is 0.583. The lowest BCUT2D eigenvalue weighted by Gasteiger charge is -2.25. The lowest BCUT2D eigenvalue weighted by molar-refractivity contribution is -0.109. The minimum atomic E-state index is -0.501. The Balaban J connectivity index is 2.21. The summed E-state index contributed by atoms with van der Waals surface area (Å²) in [6, 6.07) is 2.81. The van der Waals surface area contributed by atoms with Crippen molar-refractivity contribution in [2.45, 2.75) is 19.4 Å². The minimum Gasteiger partial charge on any atom is -0.485 e. The number of hydrogen-bond donors (Lipinski definition) is 2. The van der Waals surface area contributed by atoms with E-state index in [1.54, 1.807) is 12.1 Å². The van der Waals surface area contributed by atoms with Crippen LogP contribution in [0.1, 0.15) is 18.9 Å². The summed E-state index contributed by atoms with van der Waals surface area (Å²) in [6.07, 6.45) is 4.57. The Morgan fingerprint density at radius 3 is 2.91 bits per heavy atom. The molecule has 1 aromatic carbocycles. The average Bonchev–Trinajstić information content (AvgIpc) is 2.53. The molecule has 0 fully saturated rings. The molecule has 2 rings (SSSR count). The van der Waals surface area contributed by atoms with E-state index < -0.39 is 5.82 Å². The van der Waals surface area contributed by atoms with E-state index in [0.29, 0.717) is 22.2 Å². The normalized spacial score (nSPS) is 21.0. The van der Waals surface area contributed by atoms with Crippen LogP contribution in [0.2, 0.25) is 0 Å². The molecule has 1 heterocycles. The van der Waals surface area contributed by atoms with Crippen molar-refractivity contribution in [3.63, 3.8) is 0 Å². The first-order valence-corrected chi connectivity index (χ1v) is 8.02. The van der Waals surface area contributed by atoms with E-state index in [1.807, 2.05) is 6.92 Å². The van der Waals surface area contributed by atoms with Crippen LogP contribution in [0.3, 0.4) is 0 Å². The Morgan fingerprint density at radius 2 is 2.30 bits per heavy atom. The fraction of sp³-hybridized carbons (Fsp3) is 0.375. The number of benzene rings is 1. The van der Waals surface area contributed by atoms with Gasteiger partial charge in [-0.15, -0.1) is 0 Å². The van der Waals surface area contributed by atoms with Crippen molar-refractivity contribution in [2.24, 2.45) is 11.0 Å². The molecule has 1 aliphatic rings. The van der Waals surface area contributed by atoms with E-state index in [4.69, 9.17) is 9.84 Å². The van der Waals surface area contributed by atoms with Gasteiger partial charge in [0, 0.05) is 11.5 Å². The van der Waals surface area contributed by atoms with Crippen LogP contribution in [0.15, 0.2) is 33.9 Å². The van der Waals surface area contributed by atoms with Crippen molar-refractivity contribution < 1.29 is 19.0 Å². The maximum absolute atomic E-state index is 14.3. The highest BCUT2D eigenvalue weighted by atomic mass is 79.9. The lowest BCUT2D eigenvalue weighted by Crippen LogP contribution is -2.37. The molecule has 0 spiro atoms. The highest BCUT2D eigenvalue weighted by molar-refractivity contribution is 9.10. The first kappa shape index (κ1) is 17.6. The third-order valence-corrected chi connectivity index (χ3v) is 4.07. The van der Waals surface area contributed by atoms with E-state index in [2.05, 4.69) is 26.5 Å². The molecule has 0 saturated carbocycles. The molecule has 0 bridgehead atoms. The summed E-state index contributed by atoms with van der Waals surface area (Å²) < 4.78 is 20.1. The summed E-state index contributed by atoms with van der Waals surface area (Å²) in [5, 5.41) is 12.8. The highest BCUT2D eigenvalue weighted by Crippen LogP contribution is 2.31. The second-order valence-electron chi connectivity index (χ2n) is 5.24. The van der Waals surface area contributed by atoms with Crippen LogP contribution in [-0.4, -0.2) is 36.4 Å². The molecule has 0 amide bonds. The van der Waals surface area contributed by atoms with Crippen LogP contribution in [0.5, 0.6) is 5.75 Å².